The highest BCUT2D eigenvalue weighted by molar-refractivity contribution is 7.89. The van der Waals surface area contributed by atoms with Gasteiger partial charge in [-0.1, -0.05) is 6.07 Å². The van der Waals surface area contributed by atoms with Crippen molar-refractivity contribution in [3.63, 3.8) is 0 Å². The molecule has 0 aromatic carbocycles. The topological polar surface area (TPSA) is 83.6 Å². The molecule has 0 atom stereocenters. The summed E-state index contributed by atoms with van der Waals surface area (Å²) in [5.41, 5.74) is 1.38. The molecule has 2 aromatic rings. The van der Waals surface area contributed by atoms with Crippen LogP contribution in [0.2, 0.25) is 0 Å². The van der Waals surface area contributed by atoms with Crippen molar-refractivity contribution in [2.24, 2.45) is 0 Å². The van der Waals surface area contributed by atoms with Crippen molar-refractivity contribution in [2.75, 3.05) is 7.05 Å². The third-order valence-electron chi connectivity index (χ3n) is 3.01. The molecule has 0 aliphatic carbocycles. The van der Waals surface area contributed by atoms with E-state index in [2.05, 4.69) is 4.98 Å². The minimum atomic E-state index is -3.66. The van der Waals surface area contributed by atoms with Crippen molar-refractivity contribution in [1.29, 1.82) is 0 Å². The third-order valence-corrected chi connectivity index (χ3v) is 4.73. The van der Waals surface area contributed by atoms with E-state index >= 15 is 0 Å². The predicted octanol–water partition coefficient (Wildman–Crippen LogP) is 1.30. The molecule has 0 radical (unpaired) electrons. The van der Waals surface area contributed by atoms with Gasteiger partial charge in [0.2, 0.25) is 0 Å². The molecule has 108 valence electrons. The van der Waals surface area contributed by atoms with Gasteiger partial charge in [0.15, 0.2) is 5.03 Å². The lowest BCUT2D eigenvalue weighted by atomic mass is 10.3. The van der Waals surface area contributed by atoms with Gasteiger partial charge in [-0.05, 0) is 24.6 Å². The summed E-state index contributed by atoms with van der Waals surface area (Å²) in [5.74, 6) is 0.690. The Kier molecular flexibility index (Phi) is 4.22. The molecule has 0 fully saturated rings. The van der Waals surface area contributed by atoms with Gasteiger partial charge in [-0.15, -0.1) is 0 Å². The maximum Gasteiger partial charge on any atom is 0.260 e. The van der Waals surface area contributed by atoms with Crippen LogP contribution in [-0.4, -0.2) is 29.9 Å². The van der Waals surface area contributed by atoms with Crippen LogP contribution in [-0.2, 0) is 23.2 Å². The molecule has 7 heteroatoms. The Labute approximate surface area is 117 Å². The van der Waals surface area contributed by atoms with E-state index in [0.29, 0.717) is 11.3 Å². The molecule has 0 aliphatic heterocycles. The lowest BCUT2D eigenvalue weighted by molar-refractivity contribution is 0.281. The molecule has 0 aliphatic rings. The van der Waals surface area contributed by atoms with E-state index in [1.165, 1.54) is 35.9 Å². The number of aromatic nitrogens is 1. The average Bonchev–Trinajstić information content (AvgIpc) is 2.84. The second-order valence-corrected chi connectivity index (χ2v) is 6.42. The average molecular weight is 296 g/mol. The fourth-order valence-corrected chi connectivity index (χ4v) is 2.77. The van der Waals surface area contributed by atoms with Crippen molar-refractivity contribution in [3.8, 4) is 0 Å². The highest BCUT2D eigenvalue weighted by Gasteiger charge is 2.23. The van der Waals surface area contributed by atoms with Crippen molar-refractivity contribution < 1.29 is 17.9 Å². The number of hydrogen-bond acceptors (Lipinski definition) is 5. The van der Waals surface area contributed by atoms with Crippen LogP contribution >= 0.6 is 0 Å². The first-order valence-corrected chi connectivity index (χ1v) is 7.44. The van der Waals surface area contributed by atoms with Crippen LogP contribution in [0.25, 0.3) is 0 Å². The van der Waals surface area contributed by atoms with Gasteiger partial charge in [0, 0.05) is 25.4 Å². The van der Waals surface area contributed by atoms with Crippen LogP contribution in [0, 0.1) is 6.92 Å². The molecule has 1 N–H and O–H groups in total. The number of nitrogens with zero attached hydrogens (tertiary/aromatic N) is 2. The Morgan fingerprint density at radius 3 is 2.60 bits per heavy atom. The number of aryl methyl sites for hydroxylation is 1. The Morgan fingerprint density at radius 2 is 2.10 bits per heavy atom. The molecule has 0 unspecified atom stereocenters. The summed E-state index contributed by atoms with van der Waals surface area (Å²) >= 11 is 0. The molecule has 6 nitrogen and oxygen atoms in total. The number of pyridine rings is 1. The second-order valence-electron chi connectivity index (χ2n) is 4.43. The van der Waals surface area contributed by atoms with Gasteiger partial charge in [-0.3, -0.25) is 0 Å². The number of aliphatic hydroxyl groups is 1. The van der Waals surface area contributed by atoms with Gasteiger partial charge in [0.05, 0.1) is 12.9 Å². The second kappa shape index (κ2) is 5.74. The quantitative estimate of drug-likeness (QED) is 0.899. The highest BCUT2D eigenvalue weighted by atomic mass is 32.2. The normalized spacial score (nSPS) is 12.0. The van der Waals surface area contributed by atoms with Gasteiger partial charge >= 0.3 is 0 Å². The monoisotopic (exact) mass is 296 g/mol. The number of sulfonamides is 1. The minimum Gasteiger partial charge on any atom is -0.469 e. The van der Waals surface area contributed by atoms with E-state index in [4.69, 9.17) is 9.52 Å². The molecule has 2 rings (SSSR count). The number of aliphatic hydroxyl groups excluding tert-OH is 1. The highest BCUT2D eigenvalue weighted by Crippen LogP contribution is 2.17. The van der Waals surface area contributed by atoms with Crippen LogP contribution in [0.3, 0.4) is 0 Å². The van der Waals surface area contributed by atoms with Gasteiger partial charge < -0.3 is 9.52 Å². The fraction of sp³-hybridized carbons (Fsp3) is 0.308. The number of furan rings is 1. The van der Waals surface area contributed by atoms with Crippen LogP contribution < -0.4 is 0 Å². The van der Waals surface area contributed by atoms with E-state index < -0.39 is 10.0 Å². The first-order valence-electron chi connectivity index (χ1n) is 6.00. The van der Waals surface area contributed by atoms with E-state index in [-0.39, 0.29) is 18.2 Å². The lowest BCUT2D eigenvalue weighted by Gasteiger charge is -2.16. The van der Waals surface area contributed by atoms with E-state index in [9.17, 15) is 8.42 Å². The molecule has 0 saturated carbocycles. The molecule has 0 spiro atoms. The van der Waals surface area contributed by atoms with Crippen LogP contribution in [0.4, 0.5) is 0 Å². The molecule has 0 bridgehead atoms. The van der Waals surface area contributed by atoms with E-state index in [1.54, 1.807) is 13.0 Å². The SMILES string of the molecule is Cc1occc1CN(C)S(=O)(=O)c1ccc(CO)cn1. The number of rotatable bonds is 5. The molecule has 2 heterocycles. The Hall–Kier alpha value is -1.70. The summed E-state index contributed by atoms with van der Waals surface area (Å²) < 4.78 is 31.0. The largest absolute Gasteiger partial charge is 0.469 e. The standard InChI is InChI=1S/C13H16N2O4S/c1-10-12(5-6-19-10)8-15(2)20(17,18)13-4-3-11(9-16)7-14-13/h3-7,16H,8-9H2,1-2H3. The summed E-state index contributed by atoms with van der Waals surface area (Å²) in [6, 6.07) is 4.67. The summed E-state index contributed by atoms with van der Waals surface area (Å²) in [4.78, 5) is 3.88. The summed E-state index contributed by atoms with van der Waals surface area (Å²) in [6.07, 6.45) is 2.88. The minimum absolute atomic E-state index is 0.0432. The Bertz CT molecular complexity index is 677. The van der Waals surface area contributed by atoms with Crippen molar-refractivity contribution in [3.05, 3.63) is 47.5 Å². The first kappa shape index (κ1) is 14.7. The van der Waals surface area contributed by atoms with Crippen molar-refractivity contribution in [1.82, 2.24) is 9.29 Å². The van der Waals surface area contributed by atoms with Crippen LogP contribution in [0.5, 0.6) is 0 Å². The zero-order valence-corrected chi connectivity index (χ0v) is 12.1. The molecular formula is C13H16N2O4S. The lowest BCUT2D eigenvalue weighted by Crippen LogP contribution is -2.27. The van der Waals surface area contributed by atoms with Crippen LogP contribution in [0.1, 0.15) is 16.9 Å². The molecule has 2 aromatic heterocycles. The van der Waals surface area contributed by atoms with Crippen molar-refractivity contribution >= 4 is 10.0 Å². The maximum atomic E-state index is 12.3. The Balaban J connectivity index is 2.22. The molecule has 0 amide bonds. The van der Waals surface area contributed by atoms with Crippen LogP contribution in [0.15, 0.2) is 40.1 Å². The molecule has 0 saturated heterocycles. The Morgan fingerprint density at radius 1 is 1.35 bits per heavy atom. The van der Waals surface area contributed by atoms with Gasteiger partial charge in [0.25, 0.3) is 10.0 Å². The zero-order valence-electron chi connectivity index (χ0n) is 11.3. The smallest absolute Gasteiger partial charge is 0.260 e. The molecule has 20 heavy (non-hydrogen) atoms. The van der Waals surface area contributed by atoms with E-state index in [1.807, 2.05) is 0 Å². The third kappa shape index (κ3) is 2.90. The summed E-state index contributed by atoms with van der Waals surface area (Å²) in [6.45, 7) is 1.83. The maximum absolute atomic E-state index is 12.3. The predicted molar refractivity (Wildman–Crippen MR) is 72.3 cm³/mol. The van der Waals surface area contributed by atoms with Crippen molar-refractivity contribution in [2.45, 2.75) is 25.1 Å². The van der Waals surface area contributed by atoms with Gasteiger partial charge in [0.1, 0.15) is 5.76 Å². The first-order chi connectivity index (χ1) is 9.45. The molecular weight excluding hydrogens is 280 g/mol. The van der Waals surface area contributed by atoms with Gasteiger partial charge in [-0.2, -0.15) is 4.31 Å². The summed E-state index contributed by atoms with van der Waals surface area (Å²) in [5, 5.41) is 8.89. The summed E-state index contributed by atoms with van der Waals surface area (Å²) in [7, 11) is -2.17. The zero-order chi connectivity index (χ0) is 14.8. The number of hydrogen-bond donors (Lipinski definition) is 1. The van der Waals surface area contributed by atoms with E-state index in [0.717, 1.165) is 5.56 Å². The fourth-order valence-electron chi connectivity index (χ4n) is 1.72. The van der Waals surface area contributed by atoms with Gasteiger partial charge in [-0.25, -0.2) is 13.4 Å².